The van der Waals surface area contributed by atoms with E-state index in [0.717, 1.165) is 58.5 Å². The van der Waals surface area contributed by atoms with Crippen molar-refractivity contribution in [1.29, 1.82) is 0 Å². The minimum Gasteiger partial charge on any atom is -0.356 e. The molecule has 1 heterocycles. The van der Waals surface area contributed by atoms with Crippen molar-refractivity contribution in [3.63, 3.8) is 0 Å². The predicted octanol–water partition coefficient (Wildman–Crippen LogP) is 2.39. The van der Waals surface area contributed by atoms with Crippen LogP contribution < -0.4 is 10.6 Å². The van der Waals surface area contributed by atoms with Crippen LogP contribution in [0.15, 0.2) is 0 Å². The number of amides is 1. The normalized spacial score (nSPS) is 17.9. The summed E-state index contributed by atoms with van der Waals surface area (Å²) in [4.78, 5) is 14.5. The van der Waals surface area contributed by atoms with Crippen LogP contribution in [0.3, 0.4) is 0 Å². The highest BCUT2D eigenvalue weighted by molar-refractivity contribution is 5.75. The molecule has 1 amide bonds. The average molecular weight is 297 g/mol. The van der Waals surface area contributed by atoms with E-state index in [1.165, 1.54) is 12.8 Å². The van der Waals surface area contributed by atoms with Crippen molar-refractivity contribution in [2.45, 2.75) is 59.3 Å². The van der Waals surface area contributed by atoms with E-state index in [-0.39, 0.29) is 11.3 Å². The van der Waals surface area contributed by atoms with Crippen molar-refractivity contribution < 1.29 is 4.79 Å². The summed E-state index contributed by atoms with van der Waals surface area (Å²) in [6.07, 6.45) is 6.35. The van der Waals surface area contributed by atoms with Gasteiger partial charge in [-0.1, -0.05) is 20.8 Å². The minimum atomic E-state index is 0.225. The van der Waals surface area contributed by atoms with E-state index >= 15 is 0 Å². The SMILES string of the molecule is CCCN(CCC)CCCC(=O)NCC1(C)CCNCC1. The van der Waals surface area contributed by atoms with Crippen LogP contribution >= 0.6 is 0 Å². The summed E-state index contributed by atoms with van der Waals surface area (Å²) in [5.74, 6) is 0.225. The van der Waals surface area contributed by atoms with Gasteiger partial charge in [-0.25, -0.2) is 0 Å². The number of nitrogens with one attached hydrogen (secondary N) is 2. The highest BCUT2D eigenvalue weighted by Crippen LogP contribution is 2.26. The molecule has 0 radical (unpaired) electrons. The Kier molecular flexibility index (Phi) is 8.93. The van der Waals surface area contributed by atoms with Gasteiger partial charge in [-0.15, -0.1) is 0 Å². The zero-order chi connectivity index (χ0) is 15.6. The molecule has 0 aliphatic carbocycles. The standard InChI is InChI=1S/C17H35N3O/c1-4-12-20(13-5-2)14-6-7-16(21)19-15-17(3)8-10-18-11-9-17/h18H,4-15H2,1-3H3,(H,19,21). The third-order valence-electron chi connectivity index (χ3n) is 4.48. The zero-order valence-electron chi connectivity index (χ0n) is 14.3. The molecule has 0 bridgehead atoms. The number of carbonyl (C=O) groups excluding carboxylic acids is 1. The Bertz CT molecular complexity index is 282. The Morgan fingerprint density at radius 3 is 2.33 bits per heavy atom. The molecule has 0 unspecified atom stereocenters. The zero-order valence-corrected chi connectivity index (χ0v) is 14.3. The lowest BCUT2D eigenvalue weighted by Gasteiger charge is -2.34. The van der Waals surface area contributed by atoms with Crippen LogP contribution in [0.25, 0.3) is 0 Å². The maximum atomic E-state index is 12.0. The molecule has 1 aliphatic rings. The van der Waals surface area contributed by atoms with Crippen LogP contribution in [-0.2, 0) is 4.79 Å². The molecular formula is C17H35N3O. The van der Waals surface area contributed by atoms with Crippen LogP contribution in [0.4, 0.5) is 0 Å². The topological polar surface area (TPSA) is 44.4 Å². The molecule has 0 spiro atoms. The third kappa shape index (κ3) is 7.82. The van der Waals surface area contributed by atoms with Crippen LogP contribution in [0, 0.1) is 5.41 Å². The van der Waals surface area contributed by atoms with E-state index < -0.39 is 0 Å². The summed E-state index contributed by atoms with van der Waals surface area (Å²) in [6, 6.07) is 0. The van der Waals surface area contributed by atoms with E-state index in [9.17, 15) is 4.79 Å². The third-order valence-corrected chi connectivity index (χ3v) is 4.48. The second kappa shape index (κ2) is 10.2. The van der Waals surface area contributed by atoms with Crippen LogP contribution in [0.1, 0.15) is 59.3 Å². The quantitative estimate of drug-likeness (QED) is 0.651. The number of hydrogen-bond acceptors (Lipinski definition) is 3. The van der Waals surface area contributed by atoms with Crippen molar-refractivity contribution in [2.75, 3.05) is 39.3 Å². The van der Waals surface area contributed by atoms with Gasteiger partial charge in [-0.05, 0) is 70.2 Å². The highest BCUT2D eigenvalue weighted by Gasteiger charge is 2.26. The fourth-order valence-electron chi connectivity index (χ4n) is 3.04. The Morgan fingerprint density at radius 2 is 1.76 bits per heavy atom. The molecule has 1 rings (SSSR count). The van der Waals surface area contributed by atoms with Gasteiger partial charge in [-0.3, -0.25) is 4.79 Å². The largest absolute Gasteiger partial charge is 0.356 e. The van der Waals surface area contributed by atoms with Gasteiger partial charge in [0.05, 0.1) is 0 Å². The first-order valence-electron chi connectivity index (χ1n) is 8.79. The molecule has 0 atom stereocenters. The average Bonchev–Trinajstić information content (AvgIpc) is 2.46. The van der Waals surface area contributed by atoms with Crippen molar-refractivity contribution in [3.05, 3.63) is 0 Å². The Labute approximate surface area is 131 Å². The number of rotatable bonds is 10. The molecule has 21 heavy (non-hydrogen) atoms. The monoisotopic (exact) mass is 297 g/mol. The minimum absolute atomic E-state index is 0.225. The molecule has 2 N–H and O–H groups in total. The fourth-order valence-corrected chi connectivity index (χ4v) is 3.04. The molecule has 0 aromatic carbocycles. The molecule has 0 saturated carbocycles. The van der Waals surface area contributed by atoms with Crippen molar-refractivity contribution in [1.82, 2.24) is 15.5 Å². The molecule has 4 nitrogen and oxygen atoms in total. The predicted molar refractivity (Wildman–Crippen MR) is 89.5 cm³/mol. The summed E-state index contributed by atoms with van der Waals surface area (Å²) in [5, 5.41) is 6.53. The van der Waals surface area contributed by atoms with Gasteiger partial charge in [0.15, 0.2) is 0 Å². The lowest BCUT2D eigenvalue weighted by atomic mass is 9.81. The van der Waals surface area contributed by atoms with E-state index in [1.54, 1.807) is 0 Å². The van der Waals surface area contributed by atoms with Crippen molar-refractivity contribution >= 4 is 5.91 Å². The molecule has 0 aromatic heterocycles. The maximum absolute atomic E-state index is 12.0. The van der Waals surface area contributed by atoms with E-state index in [2.05, 4.69) is 36.3 Å². The maximum Gasteiger partial charge on any atom is 0.220 e. The molecule has 124 valence electrons. The number of carbonyl (C=O) groups is 1. The van der Waals surface area contributed by atoms with Crippen molar-refractivity contribution in [3.8, 4) is 0 Å². The Balaban J connectivity index is 2.15. The van der Waals surface area contributed by atoms with Gasteiger partial charge in [0, 0.05) is 13.0 Å². The number of hydrogen-bond donors (Lipinski definition) is 2. The number of nitrogens with zero attached hydrogens (tertiary/aromatic N) is 1. The summed E-state index contributed by atoms with van der Waals surface area (Å²) in [6.45, 7) is 13.1. The van der Waals surface area contributed by atoms with Gasteiger partial charge in [0.2, 0.25) is 5.91 Å². The van der Waals surface area contributed by atoms with E-state index in [1.807, 2.05) is 0 Å². The second-order valence-corrected chi connectivity index (χ2v) is 6.78. The highest BCUT2D eigenvalue weighted by atomic mass is 16.1. The van der Waals surface area contributed by atoms with E-state index in [0.29, 0.717) is 6.42 Å². The van der Waals surface area contributed by atoms with E-state index in [4.69, 9.17) is 0 Å². The summed E-state index contributed by atoms with van der Waals surface area (Å²) in [7, 11) is 0. The molecule has 1 saturated heterocycles. The summed E-state index contributed by atoms with van der Waals surface area (Å²) in [5.41, 5.74) is 0.289. The lowest BCUT2D eigenvalue weighted by molar-refractivity contribution is -0.121. The first kappa shape index (κ1) is 18.4. The molecule has 4 heteroatoms. The fraction of sp³-hybridized carbons (Fsp3) is 0.941. The van der Waals surface area contributed by atoms with Crippen LogP contribution in [-0.4, -0.2) is 50.1 Å². The number of piperidine rings is 1. The first-order chi connectivity index (χ1) is 10.1. The van der Waals surface area contributed by atoms with Crippen LogP contribution in [0.2, 0.25) is 0 Å². The smallest absolute Gasteiger partial charge is 0.220 e. The van der Waals surface area contributed by atoms with Crippen LogP contribution in [0.5, 0.6) is 0 Å². The van der Waals surface area contributed by atoms with Gasteiger partial charge in [-0.2, -0.15) is 0 Å². The molecule has 0 aromatic rings. The lowest BCUT2D eigenvalue weighted by Crippen LogP contribution is -2.43. The second-order valence-electron chi connectivity index (χ2n) is 6.78. The van der Waals surface area contributed by atoms with Crippen molar-refractivity contribution in [2.24, 2.45) is 5.41 Å². The Morgan fingerprint density at radius 1 is 1.14 bits per heavy atom. The van der Waals surface area contributed by atoms with Gasteiger partial charge in [0.25, 0.3) is 0 Å². The Hall–Kier alpha value is -0.610. The summed E-state index contributed by atoms with van der Waals surface area (Å²) < 4.78 is 0. The molecular weight excluding hydrogens is 262 g/mol. The first-order valence-corrected chi connectivity index (χ1v) is 8.79. The van der Waals surface area contributed by atoms with Gasteiger partial charge >= 0.3 is 0 Å². The molecule has 1 aliphatic heterocycles. The van der Waals surface area contributed by atoms with Gasteiger partial charge in [0.1, 0.15) is 0 Å². The molecule has 1 fully saturated rings. The summed E-state index contributed by atoms with van der Waals surface area (Å²) >= 11 is 0. The van der Waals surface area contributed by atoms with Gasteiger partial charge < -0.3 is 15.5 Å².